The van der Waals surface area contributed by atoms with Crippen LogP contribution in [-0.2, 0) is 16.9 Å². The Balaban J connectivity index is 0.00000133. The Hall–Kier alpha value is -1.43. The molecular formula is C13H16ClN3O2. The van der Waals surface area contributed by atoms with E-state index < -0.39 is 5.54 Å². The van der Waals surface area contributed by atoms with E-state index in [1.807, 2.05) is 30.3 Å². The fourth-order valence-corrected chi connectivity index (χ4v) is 2.23. The zero-order chi connectivity index (χ0) is 12.4. The Bertz CT molecular complexity index is 498. The second-order valence-electron chi connectivity index (χ2n) is 4.74. The van der Waals surface area contributed by atoms with Gasteiger partial charge in [0.1, 0.15) is 0 Å². The molecule has 102 valence electrons. The van der Waals surface area contributed by atoms with Gasteiger partial charge in [-0.05, 0) is 18.4 Å². The van der Waals surface area contributed by atoms with Crippen LogP contribution in [0.15, 0.2) is 41.2 Å². The summed E-state index contributed by atoms with van der Waals surface area (Å²) in [5.74, 6) is 0.571. The van der Waals surface area contributed by atoms with Crippen LogP contribution in [0, 0.1) is 0 Å². The zero-order valence-corrected chi connectivity index (χ0v) is 11.2. The van der Waals surface area contributed by atoms with E-state index in [4.69, 9.17) is 15.0 Å². The molecule has 0 bridgehead atoms. The third-order valence-corrected chi connectivity index (χ3v) is 3.32. The van der Waals surface area contributed by atoms with Crippen LogP contribution in [0.3, 0.4) is 0 Å². The molecule has 0 unspecified atom stereocenters. The molecule has 1 heterocycles. The molecule has 0 aliphatic heterocycles. The molecule has 1 aliphatic rings. The first-order valence-corrected chi connectivity index (χ1v) is 5.97. The third-order valence-electron chi connectivity index (χ3n) is 3.32. The number of nitrogens with two attached hydrogens (primary N) is 1. The Kier molecular flexibility index (Phi) is 4.19. The standard InChI is InChI=1S/C13H15N3O2.ClH/c14-13(12-15-9-18-16-12)6-11(7-13)17-8-10-4-2-1-3-5-10;/h1-5,9,11H,6-8,14H2;1H. The number of aromatic nitrogens is 2. The molecule has 1 saturated carbocycles. The van der Waals surface area contributed by atoms with Crippen molar-refractivity contribution in [3.63, 3.8) is 0 Å². The third kappa shape index (κ3) is 2.94. The van der Waals surface area contributed by atoms with Crippen LogP contribution in [0.1, 0.15) is 24.2 Å². The minimum atomic E-state index is -0.478. The summed E-state index contributed by atoms with van der Waals surface area (Å²) in [4.78, 5) is 4.00. The van der Waals surface area contributed by atoms with Crippen molar-refractivity contribution in [3.05, 3.63) is 48.1 Å². The fourth-order valence-electron chi connectivity index (χ4n) is 2.23. The summed E-state index contributed by atoms with van der Waals surface area (Å²) in [6.07, 6.45) is 2.95. The zero-order valence-electron chi connectivity index (χ0n) is 10.4. The molecule has 1 aliphatic carbocycles. The molecule has 2 N–H and O–H groups in total. The largest absolute Gasteiger partial charge is 0.373 e. The number of nitrogens with zero attached hydrogens (tertiary/aromatic N) is 2. The number of halogens is 1. The summed E-state index contributed by atoms with van der Waals surface area (Å²) in [5, 5.41) is 3.80. The summed E-state index contributed by atoms with van der Waals surface area (Å²) in [6.45, 7) is 0.619. The van der Waals surface area contributed by atoms with Crippen LogP contribution in [0.4, 0.5) is 0 Å². The van der Waals surface area contributed by atoms with Crippen LogP contribution in [0.2, 0.25) is 0 Å². The highest BCUT2D eigenvalue weighted by Gasteiger charge is 2.46. The van der Waals surface area contributed by atoms with Gasteiger partial charge in [0.05, 0.1) is 18.2 Å². The Morgan fingerprint density at radius 2 is 2.05 bits per heavy atom. The van der Waals surface area contributed by atoms with Gasteiger partial charge in [0.25, 0.3) is 0 Å². The van der Waals surface area contributed by atoms with Gasteiger partial charge in [-0.2, -0.15) is 4.98 Å². The lowest BCUT2D eigenvalue weighted by molar-refractivity contribution is -0.0568. The quantitative estimate of drug-likeness (QED) is 0.928. The molecule has 1 fully saturated rings. The van der Waals surface area contributed by atoms with Gasteiger partial charge in [-0.3, -0.25) is 0 Å². The SMILES string of the molecule is Cl.NC1(c2ncon2)CC(OCc2ccccc2)C1. The first-order chi connectivity index (χ1) is 8.76. The summed E-state index contributed by atoms with van der Waals surface area (Å²) in [7, 11) is 0. The smallest absolute Gasteiger partial charge is 0.213 e. The highest BCUT2D eigenvalue weighted by Crippen LogP contribution is 2.39. The van der Waals surface area contributed by atoms with E-state index in [1.54, 1.807) is 0 Å². The van der Waals surface area contributed by atoms with Gasteiger partial charge < -0.3 is 15.0 Å². The van der Waals surface area contributed by atoms with E-state index >= 15 is 0 Å². The van der Waals surface area contributed by atoms with Gasteiger partial charge in [-0.25, -0.2) is 0 Å². The molecule has 19 heavy (non-hydrogen) atoms. The molecule has 1 aromatic carbocycles. The minimum absolute atomic E-state index is 0. The first kappa shape index (κ1) is 14.0. The Morgan fingerprint density at radius 3 is 2.68 bits per heavy atom. The lowest BCUT2D eigenvalue weighted by Gasteiger charge is -2.42. The topological polar surface area (TPSA) is 74.2 Å². The molecule has 0 saturated heterocycles. The normalized spacial score (nSPS) is 25.4. The summed E-state index contributed by atoms with van der Waals surface area (Å²) in [6, 6.07) is 10.1. The first-order valence-electron chi connectivity index (χ1n) is 5.97. The van der Waals surface area contributed by atoms with Crippen LogP contribution in [0.5, 0.6) is 0 Å². The van der Waals surface area contributed by atoms with E-state index in [0.717, 1.165) is 12.8 Å². The molecule has 5 nitrogen and oxygen atoms in total. The van der Waals surface area contributed by atoms with E-state index in [-0.39, 0.29) is 18.5 Å². The Morgan fingerprint density at radius 1 is 1.32 bits per heavy atom. The van der Waals surface area contributed by atoms with Crippen LogP contribution in [0.25, 0.3) is 0 Å². The van der Waals surface area contributed by atoms with Gasteiger partial charge in [-0.1, -0.05) is 35.5 Å². The molecular weight excluding hydrogens is 266 g/mol. The summed E-state index contributed by atoms with van der Waals surface area (Å²) >= 11 is 0. The molecule has 3 rings (SSSR count). The lowest BCUT2D eigenvalue weighted by Crippen LogP contribution is -2.53. The molecule has 0 amide bonds. The van der Waals surface area contributed by atoms with Crippen molar-refractivity contribution < 1.29 is 9.26 Å². The number of hydrogen-bond acceptors (Lipinski definition) is 5. The fraction of sp³-hybridized carbons (Fsp3) is 0.385. The van der Waals surface area contributed by atoms with E-state index in [0.29, 0.717) is 12.4 Å². The maximum absolute atomic E-state index is 6.16. The number of benzene rings is 1. The second kappa shape index (κ2) is 5.69. The van der Waals surface area contributed by atoms with Crippen LogP contribution >= 0.6 is 12.4 Å². The van der Waals surface area contributed by atoms with Crippen molar-refractivity contribution in [2.45, 2.75) is 31.1 Å². The van der Waals surface area contributed by atoms with Crippen LogP contribution < -0.4 is 5.73 Å². The van der Waals surface area contributed by atoms with E-state index in [9.17, 15) is 0 Å². The number of ether oxygens (including phenoxy) is 1. The van der Waals surface area contributed by atoms with Crippen molar-refractivity contribution in [1.29, 1.82) is 0 Å². The molecule has 2 aromatic rings. The highest BCUT2D eigenvalue weighted by molar-refractivity contribution is 5.85. The Labute approximate surface area is 117 Å². The predicted octanol–water partition coefficient (Wildman–Crippen LogP) is 2.02. The summed E-state index contributed by atoms with van der Waals surface area (Å²) < 4.78 is 10.5. The van der Waals surface area contributed by atoms with Gasteiger partial charge in [0, 0.05) is 0 Å². The van der Waals surface area contributed by atoms with Crippen molar-refractivity contribution in [2.75, 3.05) is 0 Å². The average Bonchev–Trinajstić information content (AvgIpc) is 2.89. The van der Waals surface area contributed by atoms with Gasteiger partial charge >= 0.3 is 0 Å². The maximum Gasteiger partial charge on any atom is 0.213 e. The van der Waals surface area contributed by atoms with Crippen molar-refractivity contribution >= 4 is 12.4 Å². The van der Waals surface area contributed by atoms with E-state index in [1.165, 1.54) is 12.0 Å². The number of hydrogen-bond donors (Lipinski definition) is 1. The molecule has 0 radical (unpaired) electrons. The molecule has 1 aromatic heterocycles. The van der Waals surface area contributed by atoms with Crippen molar-refractivity contribution in [2.24, 2.45) is 5.73 Å². The minimum Gasteiger partial charge on any atom is -0.373 e. The van der Waals surface area contributed by atoms with Gasteiger partial charge in [-0.15, -0.1) is 12.4 Å². The maximum atomic E-state index is 6.16. The summed E-state index contributed by atoms with van der Waals surface area (Å²) in [5.41, 5.74) is 6.86. The van der Waals surface area contributed by atoms with Crippen LogP contribution in [-0.4, -0.2) is 16.2 Å². The predicted molar refractivity (Wildman–Crippen MR) is 71.7 cm³/mol. The van der Waals surface area contributed by atoms with Gasteiger partial charge in [0.2, 0.25) is 6.39 Å². The second-order valence-corrected chi connectivity index (χ2v) is 4.74. The average molecular weight is 282 g/mol. The van der Waals surface area contributed by atoms with E-state index in [2.05, 4.69) is 10.1 Å². The lowest BCUT2D eigenvalue weighted by atomic mass is 9.74. The van der Waals surface area contributed by atoms with Crippen molar-refractivity contribution in [1.82, 2.24) is 10.1 Å². The molecule has 6 heteroatoms. The highest BCUT2D eigenvalue weighted by atomic mass is 35.5. The monoisotopic (exact) mass is 281 g/mol. The molecule has 0 spiro atoms. The van der Waals surface area contributed by atoms with Gasteiger partial charge in [0.15, 0.2) is 5.82 Å². The molecule has 0 atom stereocenters. The number of rotatable bonds is 4. The van der Waals surface area contributed by atoms with Crippen molar-refractivity contribution in [3.8, 4) is 0 Å².